The van der Waals surface area contributed by atoms with Gasteiger partial charge in [0.05, 0.1) is 12.2 Å². The Balaban J connectivity index is 0.000000720. The number of carboxylic acids is 1. The van der Waals surface area contributed by atoms with Crippen molar-refractivity contribution in [3.8, 4) is 0 Å². The first-order valence-electron chi connectivity index (χ1n) is 3.89. The third kappa shape index (κ3) is 1.55. The van der Waals surface area contributed by atoms with E-state index >= 15 is 0 Å². The fraction of sp³-hybridized carbons (Fsp3) is 0.857. The van der Waals surface area contributed by atoms with Gasteiger partial charge in [0.2, 0.25) is 0 Å². The molecule has 0 amide bonds. The van der Waals surface area contributed by atoms with Crippen LogP contribution in [0.4, 0.5) is 0 Å². The van der Waals surface area contributed by atoms with Crippen LogP contribution in [0.3, 0.4) is 0 Å². The first-order valence-corrected chi connectivity index (χ1v) is 3.89. The standard InChI is InChI=1S/C7H11NO3.ClH/c9-7(10)6-5-2-1-4(11-5)3-8-6;/h4-6,8H,1-3H2,(H,9,10);1H/t4-,5+,6+;/m0./s1. The van der Waals surface area contributed by atoms with Gasteiger partial charge in [-0.05, 0) is 12.8 Å². The molecule has 0 aromatic carbocycles. The normalized spacial score (nSPS) is 38.8. The molecule has 12 heavy (non-hydrogen) atoms. The zero-order valence-corrected chi connectivity index (χ0v) is 7.34. The molecule has 2 N–H and O–H groups in total. The highest BCUT2D eigenvalue weighted by molar-refractivity contribution is 5.85. The molecule has 2 bridgehead atoms. The van der Waals surface area contributed by atoms with Crippen LogP contribution in [0.15, 0.2) is 0 Å². The van der Waals surface area contributed by atoms with Crippen LogP contribution in [0.2, 0.25) is 0 Å². The Morgan fingerprint density at radius 1 is 1.50 bits per heavy atom. The van der Waals surface area contributed by atoms with Crippen LogP contribution in [0.5, 0.6) is 0 Å². The topological polar surface area (TPSA) is 58.6 Å². The Bertz CT molecular complexity index is 187. The summed E-state index contributed by atoms with van der Waals surface area (Å²) < 4.78 is 5.43. The second-order valence-corrected chi connectivity index (χ2v) is 3.10. The Labute approximate surface area is 76.7 Å². The van der Waals surface area contributed by atoms with Crippen molar-refractivity contribution in [3.63, 3.8) is 0 Å². The molecule has 0 aromatic rings. The van der Waals surface area contributed by atoms with Crippen molar-refractivity contribution in [1.82, 2.24) is 5.32 Å². The zero-order valence-electron chi connectivity index (χ0n) is 6.53. The van der Waals surface area contributed by atoms with E-state index in [-0.39, 0.29) is 24.6 Å². The van der Waals surface area contributed by atoms with E-state index in [0.29, 0.717) is 6.54 Å². The predicted molar refractivity (Wildman–Crippen MR) is 44.6 cm³/mol. The maximum Gasteiger partial charge on any atom is 0.323 e. The van der Waals surface area contributed by atoms with E-state index in [1.807, 2.05) is 0 Å². The summed E-state index contributed by atoms with van der Waals surface area (Å²) in [6.07, 6.45) is 2.05. The van der Waals surface area contributed by atoms with Crippen molar-refractivity contribution < 1.29 is 14.6 Å². The second kappa shape index (κ2) is 3.60. The van der Waals surface area contributed by atoms with E-state index in [1.165, 1.54) is 0 Å². The van der Waals surface area contributed by atoms with Gasteiger partial charge in [-0.1, -0.05) is 0 Å². The quantitative estimate of drug-likeness (QED) is 0.616. The van der Waals surface area contributed by atoms with Crippen molar-refractivity contribution in [3.05, 3.63) is 0 Å². The number of ether oxygens (including phenoxy) is 1. The van der Waals surface area contributed by atoms with Crippen LogP contribution >= 0.6 is 12.4 Å². The molecule has 70 valence electrons. The number of morpholine rings is 1. The fourth-order valence-electron chi connectivity index (χ4n) is 1.77. The predicted octanol–water partition coefficient (Wildman–Crippen LogP) is 0.0122. The van der Waals surface area contributed by atoms with Crippen LogP contribution in [0.1, 0.15) is 12.8 Å². The molecule has 3 atom stereocenters. The summed E-state index contributed by atoms with van der Waals surface area (Å²) in [6, 6.07) is -0.478. The highest BCUT2D eigenvalue weighted by atomic mass is 35.5. The molecule has 2 heterocycles. The van der Waals surface area contributed by atoms with Crippen molar-refractivity contribution in [2.24, 2.45) is 0 Å². The number of hydrogen-bond donors (Lipinski definition) is 2. The lowest BCUT2D eigenvalue weighted by Gasteiger charge is -2.27. The number of fused-ring (bicyclic) bond motifs is 2. The van der Waals surface area contributed by atoms with Crippen molar-refractivity contribution in [1.29, 1.82) is 0 Å². The molecule has 0 saturated carbocycles. The molecule has 2 aliphatic heterocycles. The number of carbonyl (C=O) groups is 1. The van der Waals surface area contributed by atoms with Gasteiger partial charge in [-0.15, -0.1) is 12.4 Å². The average Bonchev–Trinajstić information content (AvgIpc) is 2.32. The lowest BCUT2D eigenvalue weighted by molar-refractivity contribution is -0.146. The Morgan fingerprint density at radius 3 is 2.92 bits per heavy atom. The smallest absolute Gasteiger partial charge is 0.323 e. The number of rotatable bonds is 1. The number of aliphatic carboxylic acids is 1. The maximum atomic E-state index is 10.6. The molecule has 0 unspecified atom stereocenters. The Kier molecular flexibility index (Phi) is 2.93. The summed E-state index contributed by atoms with van der Waals surface area (Å²) in [7, 11) is 0. The summed E-state index contributed by atoms with van der Waals surface area (Å²) in [6.45, 7) is 0.688. The molecule has 0 aliphatic carbocycles. The van der Waals surface area contributed by atoms with E-state index in [9.17, 15) is 4.79 Å². The van der Waals surface area contributed by atoms with E-state index in [0.717, 1.165) is 12.8 Å². The van der Waals surface area contributed by atoms with Crippen molar-refractivity contribution >= 4 is 18.4 Å². The average molecular weight is 194 g/mol. The van der Waals surface area contributed by atoms with Crippen molar-refractivity contribution in [2.45, 2.75) is 31.1 Å². The van der Waals surface area contributed by atoms with E-state index in [4.69, 9.17) is 9.84 Å². The molecule has 0 radical (unpaired) electrons. The molecular weight excluding hydrogens is 182 g/mol. The summed E-state index contributed by atoms with van der Waals surface area (Å²) in [5, 5.41) is 11.7. The molecule has 2 fully saturated rings. The van der Waals surface area contributed by atoms with Crippen molar-refractivity contribution in [2.75, 3.05) is 6.54 Å². The summed E-state index contributed by atoms with van der Waals surface area (Å²) >= 11 is 0. The highest BCUT2D eigenvalue weighted by Crippen LogP contribution is 2.25. The summed E-state index contributed by atoms with van der Waals surface area (Å²) in [5.41, 5.74) is 0. The van der Waals surface area contributed by atoms with Gasteiger partial charge >= 0.3 is 5.97 Å². The van der Waals surface area contributed by atoms with Gasteiger partial charge in [-0.2, -0.15) is 0 Å². The highest BCUT2D eigenvalue weighted by Gasteiger charge is 2.39. The van der Waals surface area contributed by atoms with Gasteiger partial charge in [0.1, 0.15) is 6.04 Å². The van der Waals surface area contributed by atoms with E-state index < -0.39 is 12.0 Å². The third-order valence-electron chi connectivity index (χ3n) is 2.34. The van der Waals surface area contributed by atoms with Gasteiger partial charge in [-0.3, -0.25) is 10.1 Å². The molecule has 4 nitrogen and oxygen atoms in total. The minimum absolute atomic E-state index is 0. The molecule has 0 aromatic heterocycles. The van der Waals surface area contributed by atoms with Gasteiger partial charge in [-0.25, -0.2) is 0 Å². The van der Waals surface area contributed by atoms with Crippen LogP contribution in [0, 0.1) is 0 Å². The fourth-order valence-corrected chi connectivity index (χ4v) is 1.77. The largest absolute Gasteiger partial charge is 0.480 e. The minimum Gasteiger partial charge on any atom is -0.480 e. The minimum atomic E-state index is -0.796. The van der Waals surface area contributed by atoms with E-state index in [2.05, 4.69) is 5.32 Å². The third-order valence-corrected chi connectivity index (χ3v) is 2.34. The maximum absolute atomic E-state index is 10.6. The first kappa shape index (κ1) is 9.77. The van der Waals surface area contributed by atoms with Gasteiger partial charge in [0.15, 0.2) is 0 Å². The monoisotopic (exact) mass is 193 g/mol. The van der Waals surface area contributed by atoms with Crippen LogP contribution < -0.4 is 5.32 Å². The number of carboxylic acid groups (broad SMARTS) is 1. The van der Waals surface area contributed by atoms with Crippen LogP contribution in [-0.2, 0) is 9.53 Å². The van der Waals surface area contributed by atoms with Gasteiger partial charge in [0.25, 0.3) is 0 Å². The lowest BCUT2D eigenvalue weighted by Crippen LogP contribution is -2.52. The van der Waals surface area contributed by atoms with Crippen LogP contribution in [0.25, 0.3) is 0 Å². The van der Waals surface area contributed by atoms with Gasteiger partial charge in [0, 0.05) is 6.54 Å². The molecular formula is C7H12ClNO3. The van der Waals surface area contributed by atoms with Gasteiger partial charge < -0.3 is 9.84 Å². The number of hydrogen-bond acceptors (Lipinski definition) is 3. The summed E-state index contributed by atoms with van der Waals surface area (Å²) in [5.74, 6) is -0.796. The van der Waals surface area contributed by atoms with E-state index in [1.54, 1.807) is 0 Å². The molecule has 2 saturated heterocycles. The molecule has 0 spiro atoms. The van der Waals surface area contributed by atoms with Crippen LogP contribution in [-0.4, -0.2) is 35.9 Å². The lowest BCUT2D eigenvalue weighted by atomic mass is 10.1. The Morgan fingerprint density at radius 2 is 2.25 bits per heavy atom. The zero-order chi connectivity index (χ0) is 7.84. The number of nitrogens with one attached hydrogen (secondary N) is 1. The molecule has 2 rings (SSSR count). The molecule has 2 aliphatic rings. The Hall–Kier alpha value is -0.320. The number of halogens is 1. The summed E-state index contributed by atoms with van der Waals surface area (Å²) in [4.78, 5) is 10.6. The molecule has 5 heteroatoms. The first-order chi connectivity index (χ1) is 5.27. The second-order valence-electron chi connectivity index (χ2n) is 3.10. The SMILES string of the molecule is Cl.O=C(O)[C@@H]1NC[C@@H]2CC[C@H]1O2.